The second-order valence-electron chi connectivity index (χ2n) is 5.56. The highest BCUT2D eigenvalue weighted by Gasteiger charge is 2.51. The zero-order chi connectivity index (χ0) is 11.8. The number of hydrogen-bond acceptors (Lipinski definition) is 2. The number of nitriles is 1. The molecule has 0 aliphatic heterocycles. The van der Waals surface area contributed by atoms with Gasteiger partial charge < -0.3 is 4.90 Å². The number of hydrogen-bond donors (Lipinski definition) is 0. The Morgan fingerprint density at radius 1 is 1.38 bits per heavy atom. The standard InChI is InChI=1S/C13H20N2O/c1-10-7-13(8-10,9-14)12(16)15(2)11-5-3-4-6-11/h10-11H,3-8H2,1-2H3. The summed E-state index contributed by atoms with van der Waals surface area (Å²) in [7, 11) is 1.88. The Balaban J connectivity index is 2.03. The first-order chi connectivity index (χ1) is 7.59. The molecule has 88 valence electrons. The average molecular weight is 220 g/mol. The average Bonchev–Trinajstić information content (AvgIpc) is 2.75. The van der Waals surface area contributed by atoms with Crippen LogP contribution in [0.25, 0.3) is 0 Å². The lowest BCUT2D eigenvalue weighted by atomic mass is 9.62. The third-order valence-corrected chi connectivity index (χ3v) is 4.21. The molecule has 0 aromatic heterocycles. The third-order valence-electron chi connectivity index (χ3n) is 4.21. The molecule has 0 atom stereocenters. The Kier molecular flexibility index (Phi) is 2.92. The van der Waals surface area contributed by atoms with E-state index in [2.05, 4.69) is 13.0 Å². The normalized spacial score (nSPS) is 34.2. The highest BCUT2D eigenvalue weighted by atomic mass is 16.2. The molecule has 0 aromatic carbocycles. The summed E-state index contributed by atoms with van der Waals surface area (Å²) in [4.78, 5) is 14.2. The summed E-state index contributed by atoms with van der Waals surface area (Å²) in [5.41, 5.74) is -0.684. The Hall–Kier alpha value is -1.04. The van der Waals surface area contributed by atoms with Crippen molar-refractivity contribution in [3.63, 3.8) is 0 Å². The summed E-state index contributed by atoms with van der Waals surface area (Å²) in [5, 5.41) is 9.22. The van der Waals surface area contributed by atoms with Gasteiger partial charge in [-0.05, 0) is 31.6 Å². The van der Waals surface area contributed by atoms with Crippen LogP contribution in [0.1, 0.15) is 45.4 Å². The molecular weight excluding hydrogens is 200 g/mol. The van der Waals surface area contributed by atoms with E-state index in [1.54, 1.807) is 0 Å². The fraction of sp³-hybridized carbons (Fsp3) is 0.846. The first-order valence-corrected chi connectivity index (χ1v) is 6.27. The Morgan fingerprint density at radius 2 is 1.94 bits per heavy atom. The minimum atomic E-state index is -0.684. The van der Waals surface area contributed by atoms with Gasteiger partial charge in [-0.3, -0.25) is 4.79 Å². The highest BCUT2D eigenvalue weighted by molar-refractivity contribution is 5.86. The lowest BCUT2D eigenvalue weighted by molar-refractivity contribution is -0.146. The SMILES string of the molecule is CC1CC(C#N)(C(=O)N(C)C2CCCC2)C1. The summed E-state index contributed by atoms with van der Waals surface area (Å²) >= 11 is 0. The molecule has 2 aliphatic rings. The van der Waals surface area contributed by atoms with Crippen molar-refractivity contribution in [2.45, 2.75) is 51.5 Å². The number of rotatable bonds is 2. The molecule has 2 aliphatic carbocycles. The number of carbonyl (C=O) groups is 1. The minimum absolute atomic E-state index is 0.0694. The van der Waals surface area contributed by atoms with Crippen LogP contribution in [0.3, 0.4) is 0 Å². The summed E-state index contributed by atoms with van der Waals surface area (Å²) in [6, 6.07) is 2.64. The summed E-state index contributed by atoms with van der Waals surface area (Å²) < 4.78 is 0. The molecule has 0 saturated heterocycles. The van der Waals surface area contributed by atoms with Gasteiger partial charge in [-0.15, -0.1) is 0 Å². The van der Waals surface area contributed by atoms with Gasteiger partial charge in [0.1, 0.15) is 5.41 Å². The Labute approximate surface area is 97.4 Å². The van der Waals surface area contributed by atoms with Gasteiger partial charge >= 0.3 is 0 Å². The van der Waals surface area contributed by atoms with Crippen LogP contribution in [0.15, 0.2) is 0 Å². The lowest BCUT2D eigenvalue weighted by Crippen LogP contribution is -2.51. The maximum Gasteiger partial charge on any atom is 0.243 e. The highest BCUT2D eigenvalue weighted by Crippen LogP contribution is 2.46. The quantitative estimate of drug-likeness (QED) is 0.717. The summed E-state index contributed by atoms with van der Waals surface area (Å²) in [6.45, 7) is 2.11. The smallest absolute Gasteiger partial charge is 0.243 e. The van der Waals surface area contributed by atoms with E-state index in [0.29, 0.717) is 12.0 Å². The van der Waals surface area contributed by atoms with E-state index in [0.717, 1.165) is 25.7 Å². The van der Waals surface area contributed by atoms with Gasteiger partial charge in [0.25, 0.3) is 0 Å². The monoisotopic (exact) mass is 220 g/mol. The molecule has 2 saturated carbocycles. The van der Waals surface area contributed by atoms with E-state index in [-0.39, 0.29) is 5.91 Å². The van der Waals surface area contributed by atoms with Crippen LogP contribution in [-0.4, -0.2) is 23.9 Å². The third kappa shape index (κ3) is 1.71. The molecule has 2 fully saturated rings. The predicted molar refractivity (Wildman–Crippen MR) is 61.5 cm³/mol. The van der Waals surface area contributed by atoms with Crippen LogP contribution in [0, 0.1) is 22.7 Å². The van der Waals surface area contributed by atoms with E-state index in [4.69, 9.17) is 0 Å². The van der Waals surface area contributed by atoms with Crippen molar-refractivity contribution >= 4 is 5.91 Å². The summed E-state index contributed by atoms with van der Waals surface area (Å²) in [5.74, 6) is 0.598. The Bertz CT molecular complexity index is 319. The zero-order valence-corrected chi connectivity index (χ0v) is 10.2. The van der Waals surface area contributed by atoms with E-state index in [1.165, 1.54) is 12.8 Å². The second kappa shape index (κ2) is 4.08. The second-order valence-corrected chi connectivity index (χ2v) is 5.56. The van der Waals surface area contributed by atoms with Crippen molar-refractivity contribution in [2.24, 2.45) is 11.3 Å². The molecule has 0 N–H and O–H groups in total. The molecule has 0 aromatic rings. The van der Waals surface area contributed by atoms with E-state index >= 15 is 0 Å². The largest absolute Gasteiger partial charge is 0.341 e. The van der Waals surface area contributed by atoms with Crippen molar-refractivity contribution in [2.75, 3.05) is 7.05 Å². The van der Waals surface area contributed by atoms with Crippen molar-refractivity contribution < 1.29 is 4.79 Å². The molecule has 1 amide bonds. The molecule has 3 heteroatoms. The van der Waals surface area contributed by atoms with Crippen LogP contribution in [0.2, 0.25) is 0 Å². The van der Waals surface area contributed by atoms with Gasteiger partial charge in [0.15, 0.2) is 0 Å². The zero-order valence-electron chi connectivity index (χ0n) is 10.2. The minimum Gasteiger partial charge on any atom is -0.341 e. The van der Waals surface area contributed by atoms with Gasteiger partial charge in [0.2, 0.25) is 5.91 Å². The maximum atomic E-state index is 12.3. The fourth-order valence-corrected chi connectivity index (χ4v) is 3.24. The summed E-state index contributed by atoms with van der Waals surface area (Å²) in [6.07, 6.45) is 6.16. The van der Waals surface area contributed by atoms with Crippen LogP contribution >= 0.6 is 0 Å². The molecule has 16 heavy (non-hydrogen) atoms. The van der Waals surface area contributed by atoms with Crippen LogP contribution < -0.4 is 0 Å². The molecule has 0 heterocycles. The molecule has 0 bridgehead atoms. The molecule has 3 nitrogen and oxygen atoms in total. The lowest BCUT2D eigenvalue weighted by Gasteiger charge is -2.42. The van der Waals surface area contributed by atoms with Gasteiger partial charge in [-0.25, -0.2) is 0 Å². The fourth-order valence-electron chi connectivity index (χ4n) is 3.24. The van der Waals surface area contributed by atoms with Crippen LogP contribution in [0.5, 0.6) is 0 Å². The van der Waals surface area contributed by atoms with Crippen molar-refractivity contribution in [1.29, 1.82) is 5.26 Å². The van der Waals surface area contributed by atoms with E-state index in [1.807, 2.05) is 11.9 Å². The van der Waals surface area contributed by atoms with E-state index < -0.39 is 5.41 Å². The molecular formula is C13H20N2O. The van der Waals surface area contributed by atoms with Crippen LogP contribution in [-0.2, 0) is 4.79 Å². The molecule has 0 radical (unpaired) electrons. The Morgan fingerprint density at radius 3 is 2.38 bits per heavy atom. The van der Waals surface area contributed by atoms with Crippen LogP contribution in [0.4, 0.5) is 0 Å². The molecule has 0 spiro atoms. The predicted octanol–water partition coefficient (Wildman–Crippen LogP) is 2.33. The number of carbonyl (C=O) groups excluding carboxylic acids is 1. The number of nitrogens with zero attached hydrogens (tertiary/aromatic N) is 2. The van der Waals surface area contributed by atoms with Gasteiger partial charge in [-0.2, -0.15) is 5.26 Å². The van der Waals surface area contributed by atoms with Gasteiger partial charge in [0.05, 0.1) is 6.07 Å². The molecule has 2 rings (SSSR count). The molecule has 0 unspecified atom stereocenters. The first kappa shape index (κ1) is 11.4. The van der Waals surface area contributed by atoms with Crippen molar-refractivity contribution in [3.8, 4) is 6.07 Å². The van der Waals surface area contributed by atoms with E-state index in [9.17, 15) is 10.1 Å². The van der Waals surface area contributed by atoms with Gasteiger partial charge in [0, 0.05) is 13.1 Å². The van der Waals surface area contributed by atoms with Gasteiger partial charge in [-0.1, -0.05) is 19.8 Å². The first-order valence-electron chi connectivity index (χ1n) is 6.27. The number of amides is 1. The topological polar surface area (TPSA) is 44.1 Å². The maximum absolute atomic E-state index is 12.3. The van der Waals surface area contributed by atoms with Crippen molar-refractivity contribution in [1.82, 2.24) is 4.90 Å². The van der Waals surface area contributed by atoms with Crippen molar-refractivity contribution in [3.05, 3.63) is 0 Å².